The maximum atomic E-state index is 5.67. The van der Waals surface area contributed by atoms with Crippen LogP contribution in [0.5, 0.6) is 0 Å². The second-order valence-electron chi connectivity index (χ2n) is 6.44. The van der Waals surface area contributed by atoms with Gasteiger partial charge < -0.3 is 9.46 Å². The van der Waals surface area contributed by atoms with Gasteiger partial charge >= 0.3 is 0 Å². The number of rotatable bonds is 4. The van der Waals surface area contributed by atoms with Crippen LogP contribution in [0.2, 0.25) is 0 Å². The Morgan fingerprint density at radius 3 is 3.00 bits per heavy atom. The molecule has 0 saturated heterocycles. The molecule has 0 saturated carbocycles. The topological polar surface area (TPSA) is 74.7 Å². The van der Waals surface area contributed by atoms with Crippen molar-refractivity contribution in [3.63, 3.8) is 0 Å². The molecule has 5 rings (SSSR count). The van der Waals surface area contributed by atoms with Crippen LogP contribution in [-0.4, -0.2) is 35.9 Å². The zero-order valence-corrected chi connectivity index (χ0v) is 17.8. The highest BCUT2D eigenvalue weighted by molar-refractivity contribution is 8.00. The van der Waals surface area contributed by atoms with Crippen LogP contribution in [-0.2, 0) is 24.9 Å². The SMILES string of the molecule is Cn1ncc2cccc(NSc3cnn(-c4cnn5c4COCCC5)c3)c21.P. The van der Waals surface area contributed by atoms with Crippen molar-refractivity contribution < 1.29 is 4.74 Å². The van der Waals surface area contributed by atoms with E-state index in [1.165, 1.54) is 11.9 Å². The van der Waals surface area contributed by atoms with E-state index in [1.807, 2.05) is 51.9 Å². The molecule has 1 atom stereocenters. The third-order valence-corrected chi connectivity index (χ3v) is 5.44. The molecule has 10 heteroatoms. The summed E-state index contributed by atoms with van der Waals surface area (Å²) >= 11 is 1.53. The summed E-state index contributed by atoms with van der Waals surface area (Å²) in [7, 11) is 1.95. The average molecular weight is 415 g/mol. The summed E-state index contributed by atoms with van der Waals surface area (Å²) in [5.74, 6) is 0. The first-order chi connectivity index (χ1) is 13.3. The summed E-state index contributed by atoms with van der Waals surface area (Å²) < 4.78 is 14.8. The maximum absolute atomic E-state index is 5.67. The van der Waals surface area contributed by atoms with E-state index in [2.05, 4.69) is 32.2 Å². The van der Waals surface area contributed by atoms with Crippen LogP contribution in [0.4, 0.5) is 5.69 Å². The van der Waals surface area contributed by atoms with Gasteiger partial charge in [0.25, 0.3) is 0 Å². The second-order valence-corrected chi connectivity index (χ2v) is 7.32. The van der Waals surface area contributed by atoms with Crippen molar-refractivity contribution in [3.8, 4) is 5.69 Å². The summed E-state index contributed by atoms with van der Waals surface area (Å²) in [5.41, 5.74) is 4.15. The average Bonchev–Trinajstić information content (AvgIpc) is 3.36. The minimum Gasteiger partial charge on any atom is -0.375 e. The van der Waals surface area contributed by atoms with Gasteiger partial charge in [0.05, 0.1) is 47.0 Å². The highest BCUT2D eigenvalue weighted by Crippen LogP contribution is 2.28. The molecule has 0 amide bonds. The lowest BCUT2D eigenvalue weighted by atomic mass is 10.2. The predicted molar refractivity (Wildman–Crippen MR) is 115 cm³/mol. The molecular formula is C18H22N7OPS. The molecule has 1 aromatic carbocycles. The van der Waals surface area contributed by atoms with Gasteiger partial charge in [0.15, 0.2) is 0 Å². The summed E-state index contributed by atoms with van der Waals surface area (Å²) in [4.78, 5) is 1.02. The van der Waals surface area contributed by atoms with Gasteiger partial charge in [0.1, 0.15) is 5.69 Å². The Bertz CT molecular complexity index is 1100. The number of fused-ring (bicyclic) bond motifs is 2. The maximum Gasteiger partial charge on any atom is 0.108 e. The summed E-state index contributed by atoms with van der Waals surface area (Å²) in [6, 6.07) is 6.14. The third kappa shape index (κ3) is 3.41. The number of benzene rings is 1. The van der Waals surface area contributed by atoms with E-state index < -0.39 is 0 Å². The molecule has 0 spiro atoms. The zero-order valence-electron chi connectivity index (χ0n) is 15.6. The summed E-state index contributed by atoms with van der Waals surface area (Å²) in [6.07, 6.45) is 8.57. The van der Waals surface area contributed by atoms with Crippen molar-refractivity contribution in [3.05, 3.63) is 48.7 Å². The van der Waals surface area contributed by atoms with Gasteiger partial charge in [-0.05, 0) is 24.4 Å². The summed E-state index contributed by atoms with van der Waals surface area (Å²) in [6.45, 7) is 2.22. The van der Waals surface area contributed by atoms with E-state index in [9.17, 15) is 0 Å². The fourth-order valence-corrected chi connectivity index (χ4v) is 3.98. The minimum atomic E-state index is 0. The van der Waals surface area contributed by atoms with Crippen LogP contribution < -0.4 is 4.72 Å². The number of anilines is 1. The van der Waals surface area contributed by atoms with Gasteiger partial charge in [0.2, 0.25) is 0 Å². The highest BCUT2D eigenvalue weighted by atomic mass is 32.2. The van der Waals surface area contributed by atoms with Gasteiger partial charge in [-0.15, -0.1) is 0 Å². The molecule has 3 aromatic heterocycles. The first-order valence-corrected chi connectivity index (χ1v) is 9.62. The molecule has 0 aliphatic carbocycles. The molecule has 146 valence electrons. The molecule has 0 fully saturated rings. The lowest BCUT2D eigenvalue weighted by molar-refractivity contribution is 0.124. The molecular weight excluding hydrogens is 393 g/mol. The molecule has 1 unspecified atom stereocenters. The van der Waals surface area contributed by atoms with Crippen LogP contribution in [0.25, 0.3) is 16.6 Å². The van der Waals surface area contributed by atoms with Crippen LogP contribution in [0.15, 0.2) is 47.9 Å². The Morgan fingerprint density at radius 2 is 2.07 bits per heavy atom. The van der Waals surface area contributed by atoms with Crippen LogP contribution >= 0.6 is 21.8 Å². The number of hydrogen-bond donors (Lipinski definition) is 1. The van der Waals surface area contributed by atoms with Crippen LogP contribution in [0.3, 0.4) is 0 Å². The van der Waals surface area contributed by atoms with Crippen molar-refractivity contribution >= 4 is 38.4 Å². The molecule has 1 N–H and O–H groups in total. The Labute approximate surface area is 170 Å². The fraction of sp³-hybridized carbons (Fsp3) is 0.278. The predicted octanol–water partition coefficient (Wildman–Crippen LogP) is 3.05. The zero-order chi connectivity index (χ0) is 18.2. The highest BCUT2D eigenvalue weighted by Gasteiger charge is 2.16. The first-order valence-electron chi connectivity index (χ1n) is 8.80. The molecule has 8 nitrogen and oxygen atoms in total. The quantitative estimate of drug-likeness (QED) is 0.408. The van der Waals surface area contributed by atoms with Gasteiger partial charge in [-0.2, -0.15) is 25.2 Å². The molecule has 28 heavy (non-hydrogen) atoms. The minimum absolute atomic E-state index is 0. The molecule has 1 aliphatic rings. The Balaban J connectivity index is 0.00000192. The van der Waals surface area contributed by atoms with Gasteiger partial charge in [0, 0.05) is 31.8 Å². The van der Waals surface area contributed by atoms with Crippen molar-refractivity contribution in [2.45, 2.75) is 24.5 Å². The van der Waals surface area contributed by atoms with Gasteiger partial charge in [-0.1, -0.05) is 12.1 Å². The van der Waals surface area contributed by atoms with E-state index >= 15 is 0 Å². The third-order valence-electron chi connectivity index (χ3n) is 4.67. The van der Waals surface area contributed by atoms with Gasteiger partial charge in [-0.3, -0.25) is 9.36 Å². The van der Waals surface area contributed by atoms with E-state index in [4.69, 9.17) is 4.74 Å². The van der Waals surface area contributed by atoms with Crippen LogP contribution in [0, 0.1) is 0 Å². The largest absolute Gasteiger partial charge is 0.375 e. The van der Waals surface area contributed by atoms with Crippen molar-refractivity contribution in [2.24, 2.45) is 7.05 Å². The first kappa shape index (κ1) is 19.0. The number of nitrogens with zero attached hydrogens (tertiary/aromatic N) is 6. The number of hydrogen-bond acceptors (Lipinski definition) is 6. The number of nitrogens with one attached hydrogen (secondary N) is 1. The van der Waals surface area contributed by atoms with Crippen molar-refractivity contribution in [2.75, 3.05) is 11.3 Å². The standard InChI is InChI=1S/C18H19N7OS.H3P/c1-23-18-13(8-19-23)4-2-5-15(18)22-27-14-9-20-25(11-14)16-10-21-24-6-3-7-26-12-17(16)24;/h2,4-5,8-11,22H,3,6-7,12H2,1H3;1H3. The lowest BCUT2D eigenvalue weighted by Crippen LogP contribution is -2.05. The molecule has 0 bridgehead atoms. The number of ether oxygens (including phenoxy) is 1. The molecule has 0 radical (unpaired) electrons. The fourth-order valence-electron chi connectivity index (χ4n) is 3.34. The molecule has 4 heterocycles. The van der Waals surface area contributed by atoms with Crippen LogP contribution in [0.1, 0.15) is 12.1 Å². The van der Waals surface area contributed by atoms with Crippen molar-refractivity contribution in [1.82, 2.24) is 29.3 Å². The Kier molecular flexibility index (Phi) is 5.39. The molecule has 1 aliphatic heterocycles. The Morgan fingerprint density at radius 1 is 1.14 bits per heavy atom. The smallest absolute Gasteiger partial charge is 0.108 e. The number of aryl methyl sites for hydroxylation is 2. The normalized spacial score (nSPS) is 13.8. The monoisotopic (exact) mass is 415 g/mol. The van der Waals surface area contributed by atoms with E-state index in [0.717, 1.165) is 52.4 Å². The number of para-hydroxylation sites is 1. The van der Waals surface area contributed by atoms with Gasteiger partial charge in [-0.25, -0.2) is 4.68 Å². The number of aromatic nitrogens is 6. The van der Waals surface area contributed by atoms with E-state index in [1.54, 1.807) is 0 Å². The Hall–Kier alpha value is -2.35. The van der Waals surface area contributed by atoms with E-state index in [-0.39, 0.29) is 9.90 Å². The summed E-state index contributed by atoms with van der Waals surface area (Å²) in [5, 5.41) is 14.4. The lowest BCUT2D eigenvalue weighted by Gasteiger charge is -2.07. The van der Waals surface area contributed by atoms with E-state index in [0.29, 0.717) is 6.61 Å². The molecule has 4 aromatic rings. The van der Waals surface area contributed by atoms with Crippen molar-refractivity contribution in [1.29, 1.82) is 0 Å². The second kappa shape index (κ2) is 7.95.